The molecule has 0 spiro atoms. The Balaban J connectivity index is 2.05. The summed E-state index contributed by atoms with van der Waals surface area (Å²) < 4.78 is 32.4. The molecular formula is C15H14ClF2NO. The van der Waals surface area contributed by atoms with Crippen LogP contribution in [0.5, 0.6) is 5.75 Å². The van der Waals surface area contributed by atoms with Gasteiger partial charge in [0.2, 0.25) is 0 Å². The van der Waals surface area contributed by atoms with Gasteiger partial charge < -0.3 is 10.1 Å². The fourth-order valence-corrected chi connectivity index (χ4v) is 1.88. The molecule has 106 valence electrons. The summed E-state index contributed by atoms with van der Waals surface area (Å²) in [6.45, 7) is 0.663. The Labute approximate surface area is 121 Å². The molecule has 0 aliphatic rings. The standard InChI is InChI=1S/C15H14ClF2NO/c1-19-8-10-3-5-15(14(18)6-10)20-9-11-2-4-12(16)13(17)7-11/h2-7,19H,8-9H2,1H3. The molecule has 0 unspecified atom stereocenters. The van der Waals surface area contributed by atoms with Gasteiger partial charge in [-0.15, -0.1) is 0 Å². The third kappa shape index (κ3) is 3.68. The lowest BCUT2D eigenvalue weighted by molar-refractivity contribution is 0.289. The van der Waals surface area contributed by atoms with E-state index in [9.17, 15) is 8.78 Å². The van der Waals surface area contributed by atoms with Gasteiger partial charge in [0, 0.05) is 6.54 Å². The first-order valence-electron chi connectivity index (χ1n) is 6.10. The molecule has 2 rings (SSSR count). The summed E-state index contributed by atoms with van der Waals surface area (Å²) in [4.78, 5) is 0. The van der Waals surface area contributed by atoms with Crippen molar-refractivity contribution in [3.8, 4) is 5.75 Å². The molecule has 0 atom stereocenters. The summed E-state index contributed by atoms with van der Waals surface area (Å²) in [5, 5.41) is 2.99. The van der Waals surface area contributed by atoms with E-state index in [-0.39, 0.29) is 17.4 Å². The first-order valence-corrected chi connectivity index (χ1v) is 6.47. The van der Waals surface area contributed by atoms with Crippen molar-refractivity contribution in [1.29, 1.82) is 0 Å². The minimum atomic E-state index is -0.516. The number of benzene rings is 2. The lowest BCUT2D eigenvalue weighted by Crippen LogP contribution is -2.05. The highest BCUT2D eigenvalue weighted by atomic mass is 35.5. The van der Waals surface area contributed by atoms with Crippen LogP contribution in [0.3, 0.4) is 0 Å². The van der Waals surface area contributed by atoms with Crippen LogP contribution < -0.4 is 10.1 Å². The van der Waals surface area contributed by atoms with Crippen LogP contribution in [0.25, 0.3) is 0 Å². The Morgan fingerprint density at radius 1 is 1.05 bits per heavy atom. The average molecular weight is 298 g/mol. The van der Waals surface area contributed by atoms with Crippen LogP contribution in [0.4, 0.5) is 8.78 Å². The zero-order valence-corrected chi connectivity index (χ0v) is 11.7. The second-order valence-corrected chi connectivity index (χ2v) is 4.74. The normalized spacial score (nSPS) is 10.6. The smallest absolute Gasteiger partial charge is 0.165 e. The van der Waals surface area contributed by atoms with E-state index < -0.39 is 11.6 Å². The van der Waals surface area contributed by atoms with Gasteiger partial charge in [0.25, 0.3) is 0 Å². The molecule has 2 nitrogen and oxygen atoms in total. The molecule has 0 amide bonds. The molecule has 0 saturated carbocycles. The number of rotatable bonds is 5. The SMILES string of the molecule is CNCc1ccc(OCc2ccc(Cl)c(F)c2)c(F)c1. The number of ether oxygens (including phenoxy) is 1. The van der Waals surface area contributed by atoms with Crippen LogP contribution in [0.2, 0.25) is 5.02 Å². The highest BCUT2D eigenvalue weighted by Gasteiger charge is 2.06. The van der Waals surface area contributed by atoms with Crippen molar-refractivity contribution in [2.45, 2.75) is 13.2 Å². The Kier molecular flexibility index (Phi) is 4.93. The van der Waals surface area contributed by atoms with E-state index in [1.807, 2.05) is 0 Å². The maximum Gasteiger partial charge on any atom is 0.165 e. The van der Waals surface area contributed by atoms with Gasteiger partial charge in [-0.3, -0.25) is 0 Å². The molecule has 0 saturated heterocycles. The predicted octanol–water partition coefficient (Wildman–Crippen LogP) is 3.92. The van der Waals surface area contributed by atoms with Gasteiger partial charge in [-0.05, 0) is 42.4 Å². The zero-order chi connectivity index (χ0) is 14.5. The third-order valence-electron chi connectivity index (χ3n) is 2.76. The van der Waals surface area contributed by atoms with E-state index in [1.54, 1.807) is 25.2 Å². The van der Waals surface area contributed by atoms with Gasteiger partial charge in [0.15, 0.2) is 11.6 Å². The van der Waals surface area contributed by atoms with Gasteiger partial charge >= 0.3 is 0 Å². The minimum Gasteiger partial charge on any atom is -0.486 e. The van der Waals surface area contributed by atoms with E-state index >= 15 is 0 Å². The molecule has 0 heterocycles. The molecule has 0 aliphatic carbocycles. The Bertz CT molecular complexity index is 604. The van der Waals surface area contributed by atoms with Gasteiger partial charge in [0.05, 0.1) is 5.02 Å². The van der Waals surface area contributed by atoms with Crippen LogP contribution in [0.1, 0.15) is 11.1 Å². The Morgan fingerprint density at radius 3 is 2.40 bits per heavy atom. The molecule has 0 bridgehead atoms. The second kappa shape index (κ2) is 6.68. The molecule has 0 fully saturated rings. The Morgan fingerprint density at radius 2 is 1.75 bits per heavy atom. The highest BCUT2D eigenvalue weighted by Crippen LogP contribution is 2.21. The van der Waals surface area contributed by atoms with Crippen molar-refractivity contribution < 1.29 is 13.5 Å². The lowest BCUT2D eigenvalue weighted by atomic mass is 10.2. The third-order valence-corrected chi connectivity index (χ3v) is 3.06. The maximum atomic E-state index is 13.8. The monoisotopic (exact) mass is 297 g/mol. The molecular weight excluding hydrogens is 284 g/mol. The van der Waals surface area contributed by atoms with Gasteiger partial charge in [-0.25, -0.2) is 8.78 Å². The fraction of sp³-hybridized carbons (Fsp3) is 0.200. The summed E-state index contributed by atoms with van der Waals surface area (Å²) in [5.74, 6) is -0.815. The Hall–Kier alpha value is -1.65. The summed E-state index contributed by atoms with van der Waals surface area (Å²) >= 11 is 5.59. The highest BCUT2D eigenvalue weighted by molar-refractivity contribution is 6.30. The first-order chi connectivity index (χ1) is 9.60. The molecule has 0 radical (unpaired) electrons. The number of hydrogen-bond donors (Lipinski definition) is 1. The molecule has 20 heavy (non-hydrogen) atoms. The summed E-state index contributed by atoms with van der Waals surface area (Å²) in [6.07, 6.45) is 0. The predicted molar refractivity (Wildman–Crippen MR) is 74.9 cm³/mol. The minimum absolute atomic E-state index is 0.0522. The second-order valence-electron chi connectivity index (χ2n) is 4.33. The number of halogens is 3. The average Bonchev–Trinajstić information content (AvgIpc) is 2.42. The lowest BCUT2D eigenvalue weighted by Gasteiger charge is -2.09. The van der Waals surface area contributed by atoms with Gasteiger partial charge in [-0.1, -0.05) is 23.7 Å². The van der Waals surface area contributed by atoms with Crippen LogP contribution >= 0.6 is 11.6 Å². The topological polar surface area (TPSA) is 21.3 Å². The van der Waals surface area contributed by atoms with E-state index in [1.165, 1.54) is 18.2 Å². The first kappa shape index (κ1) is 14.8. The zero-order valence-electron chi connectivity index (χ0n) is 10.9. The summed E-state index contributed by atoms with van der Waals surface area (Å²) in [6, 6.07) is 9.11. The van der Waals surface area contributed by atoms with Crippen LogP contribution in [-0.2, 0) is 13.2 Å². The van der Waals surface area contributed by atoms with Crippen molar-refractivity contribution in [3.05, 3.63) is 64.2 Å². The molecule has 0 aliphatic heterocycles. The number of hydrogen-bond acceptors (Lipinski definition) is 2. The largest absolute Gasteiger partial charge is 0.486 e. The quantitative estimate of drug-likeness (QED) is 0.903. The van der Waals surface area contributed by atoms with E-state index in [2.05, 4.69) is 5.32 Å². The maximum absolute atomic E-state index is 13.8. The van der Waals surface area contributed by atoms with Crippen LogP contribution in [0.15, 0.2) is 36.4 Å². The van der Waals surface area contributed by atoms with Crippen LogP contribution in [-0.4, -0.2) is 7.05 Å². The van der Waals surface area contributed by atoms with Crippen molar-refractivity contribution in [2.24, 2.45) is 0 Å². The molecule has 5 heteroatoms. The van der Waals surface area contributed by atoms with Crippen molar-refractivity contribution in [1.82, 2.24) is 5.32 Å². The van der Waals surface area contributed by atoms with Crippen molar-refractivity contribution >= 4 is 11.6 Å². The van der Waals surface area contributed by atoms with E-state index in [4.69, 9.17) is 16.3 Å². The number of nitrogens with one attached hydrogen (secondary N) is 1. The van der Waals surface area contributed by atoms with E-state index in [0.717, 1.165) is 5.56 Å². The van der Waals surface area contributed by atoms with Crippen LogP contribution in [0, 0.1) is 11.6 Å². The van der Waals surface area contributed by atoms with Crippen molar-refractivity contribution in [3.63, 3.8) is 0 Å². The molecule has 0 aromatic heterocycles. The van der Waals surface area contributed by atoms with E-state index in [0.29, 0.717) is 12.1 Å². The van der Waals surface area contributed by atoms with Crippen molar-refractivity contribution in [2.75, 3.05) is 7.05 Å². The molecule has 2 aromatic rings. The summed E-state index contributed by atoms with van der Waals surface area (Å²) in [7, 11) is 1.79. The van der Waals surface area contributed by atoms with Gasteiger partial charge in [-0.2, -0.15) is 0 Å². The molecule has 2 aromatic carbocycles. The van der Waals surface area contributed by atoms with Gasteiger partial charge in [0.1, 0.15) is 12.4 Å². The summed E-state index contributed by atoms with van der Waals surface area (Å²) in [5.41, 5.74) is 1.42. The fourth-order valence-electron chi connectivity index (χ4n) is 1.77. The molecule has 1 N–H and O–H groups in total.